The van der Waals surface area contributed by atoms with Crippen LogP contribution in [0.15, 0.2) is 28.9 Å². The standard InChI is InChI=1S/C14H17N3O4/c1-3-8(2)12(14(19)20)15-13(18)10-7-9(16-17-10)11-5-4-6-21-11/h4-8,12H,3H2,1-2H3,(H,15,18)(H,16,17)(H,19,20)/t8-,12-/m0/s1. The Hall–Kier alpha value is -2.57. The van der Waals surface area contributed by atoms with Crippen LogP contribution in [0.4, 0.5) is 0 Å². The first kappa shape index (κ1) is 14.8. The van der Waals surface area contributed by atoms with E-state index in [1.165, 1.54) is 12.3 Å². The van der Waals surface area contributed by atoms with Gasteiger partial charge in [0.25, 0.3) is 5.91 Å². The molecule has 0 aliphatic rings. The zero-order valence-electron chi connectivity index (χ0n) is 11.8. The molecule has 0 bridgehead atoms. The molecular weight excluding hydrogens is 274 g/mol. The highest BCUT2D eigenvalue weighted by molar-refractivity contribution is 5.95. The second-order valence-electron chi connectivity index (χ2n) is 4.82. The number of carboxylic acids is 1. The molecule has 3 N–H and O–H groups in total. The second kappa shape index (κ2) is 6.25. The van der Waals surface area contributed by atoms with Crippen molar-refractivity contribution in [3.05, 3.63) is 30.2 Å². The van der Waals surface area contributed by atoms with Crippen molar-refractivity contribution in [2.24, 2.45) is 5.92 Å². The third-order valence-corrected chi connectivity index (χ3v) is 3.36. The maximum atomic E-state index is 12.1. The number of nitrogens with one attached hydrogen (secondary N) is 2. The van der Waals surface area contributed by atoms with Crippen LogP contribution in [0.1, 0.15) is 30.8 Å². The Balaban J connectivity index is 2.11. The number of amides is 1. The van der Waals surface area contributed by atoms with Gasteiger partial charge in [-0.1, -0.05) is 20.3 Å². The summed E-state index contributed by atoms with van der Waals surface area (Å²) >= 11 is 0. The van der Waals surface area contributed by atoms with Gasteiger partial charge in [0.2, 0.25) is 0 Å². The molecule has 112 valence electrons. The molecule has 2 aromatic rings. The summed E-state index contributed by atoms with van der Waals surface area (Å²) in [6.45, 7) is 3.65. The number of H-pyrrole nitrogens is 1. The topological polar surface area (TPSA) is 108 Å². The Labute approximate surface area is 121 Å². The molecule has 21 heavy (non-hydrogen) atoms. The van der Waals surface area contributed by atoms with Gasteiger partial charge in [0.15, 0.2) is 11.5 Å². The Morgan fingerprint density at radius 1 is 1.52 bits per heavy atom. The molecule has 2 rings (SSSR count). The van der Waals surface area contributed by atoms with E-state index in [1.807, 2.05) is 6.92 Å². The smallest absolute Gasteiger partial charge is 0.326 e. The van der Waals surface area contributed by atoms with Crippen LogP contribution in [0.2, 0.25) is 0 Å². The highest BCUT2D eigenvalue weighted by atomic mass is 16.4. The third-order valence-electron chi connectivity index (χ3n) is 3.36. The molecule has 0 spiro atoms. The number of rotatable bonds is 6. The van der Waals surface area contributed by atoms with Crippen molar-refractivity contribution in [1.82, 2.24) is 15.5 Å². The minimum atomic E-state index is -1.06. The number of carbonyl (C=O) groups excluding carboxylic acids is 1. The lowest BCUT2D eigenvalue weighted by Crippen LogP contribution is -2.45. The van der Waals surface area contributed by atoms with Crippen LogP contribution in [-0.2, 0) is 4.79 Å². The Bertz CT molecular complexity index is 618. The summed E-state index contributed by atoms with van der Waals surface area (Å²) in [5.74, 6) is -1.20. The normalized spacial score (nSPS) is 13.6. The van der Waals surface area contributed by atoms with E-state index in [9.17, 15) is 9.59 Å². The van der Waals surface area contributed by atoms with Crippen LogP contribution >= 0.6 is 0 Å². The zero-order valence-corrected chi connectivity index (χ0v) is 11.8. The van der Waals surface area contributed by atoms with Crippen LogP contribution in [0, 0.1) is 5.92 Å². The molecular formula is C14H17N3O4. The minimum absolute atomic E-state index is 0.121. The summed E-state index contributed by atoms with van der Waals surface area (Å²) in [4.78, 5) is 23.3. The number of aliphatic carboxylic acids is 1. The van der Waals surface area contributed by atoms with Gasteiger partial charge in [0.05, 0.1) is 6.26 Å². The van der Waals surface area contributed by atoms with Crippen molar-refractivity contribution in [3.63, 3.8) is 0 Å². The molecule has 0 saturated heterocycles. The van der Waals surface area contributed by atoms with Crippen molar-refractivity contribution >= 4 is 11.9 Å². The van der Waals surface area contributed by atoms with E-state index in [1.54, 1.807) is 19.1 Å². The minimum Gasteiger partial charge on any atom is -0.480 e. The number of furan rings is 1. The maximum absolute atomic E-state index is 12.1. The molecule has 2 heterocycles. The summed E-state index contributed by atoms with van der Waals surface area (Å²) in [6, 6.07) is 4.03. The summed E-state index contributed by atoms with van der Waals surface area (Å²) < 4.78 is 5.19. The van der Waals surface area contributed by atoms with Crippen molar-refractivity contribution in [3.8, 4) is 11.5 Å². The van der Waals surface area contributed by atoms with Crippen molar-refractivity contribution in [2.45, 2.75) is 26.3 Å². The predicted molar refractivity (Wildman–Crippen MR) is 74.6 cm³/mol. The van der Waals surface area contributed by atoms with Gasteiger partial charge in [0, 0.05) is 6.07 Å². The fourth-order valence-electron chi connectivity index (χ4n) is 1.89. The average molecular weight is 291 g/mol. The molecule has 0 aromatic carbocycles. The first-order chi connectivity index (χ1) is 10.0. The molecule has 7 nitrogen and oxygen atoms in total. The summed E-state index contributed by atoms with van der Waals surface area (Å²) in [5, 5.41) is 18.2. The van der Waals surface area contributed by atoms with Gasteiger partial charge in [-0.15, -0.1) is 0 Å². The lowest BCUT2D eigenvalue weighted by atomic mass is 9.99. The number of hydrogen-bond acceptors (Lipinski definition) is 4. The van der Waals surface area contributed by atoms with Gasteiger partial charge in [-0.05, 0) is 18.1 Å². The lowest BCUT2D eigenvalue weighted by molar-refractivity contribution is -0.140. The molecule has 0 saturated carbocycles. The first-order valence-electron chi connectivity index (χ1n) is 6.65. The fraction of sp³-hybridized carbons (Fsp3) is 0.357. The number of carboxylic acid groups (broad SMARTS) is 1. The fourth-order valence-corrected chi connectivity index (χ4v) is 1.89. The molecule has 1 amide bonds. The van der Waals surface area contributed by atoms with Crippen LogP contribution < -0.4 is 5.32 Å². The lowest BCUT2D eigenvalue weighted by Gasteiger charge is -2.19. The highest BCUT2D eigenvalue weighted by Gasteiger charge is 2.26. The third kappa shape index (κ3) is 3.31. The van der Waals surface area contributed by atoms with E-state index in [4.69, 9.17) is 9.52 Å². The van der Waals surface area contributed by atoms with Crippen molar-refractivity contribution in [1.29, 1.82) is 0 Å². The van der Waals surface area contributed by atoms with Crippen LogP contribution in [-0.4, -0.2) is 33.2 Å². The number of hydrogen-bond donors (Lipinski definition) is 3. The predicted octanol–water partition coefficient (Wildman–Crippen LogP) is 1.90. The summed E-state index contributed by atoms with van der Waals surface area (Å²) in [6.07, 6.45) is 2.16. The Morgan fingerprint density at radius 2 is 2.29 bits per heavy atom. The Kier molecular flexibility index (Phi) is 4.42. The summed E-state index contributed by atoms with van der Waals surface area (Å²) in [7, 11) is 0. The average Bonchev–Trinajstić information content (AvgIpc) is 3.12. The largest absolute Gasteiger partial charge is 0.480 e. The number of nitrogens with zero attached hydrogens (tertiary/aromatic N) is 1. The van der Waals surface area contributed by atoms with Crippen molar-refractivity contribution < 1.29 is 19.1 Å². The van der Waals surface area contributed by atoms with Crippen molar-refractivity contribution in [2.75, 3.05) is 0 Å². The van der Waals surface area contributed by atoms with Gasteiger partial charge in [-0.3, -0.25) is 9.89 Å². The number of aromatic nitrogens is 2. The second-order valence-corrected chi connectivity index (χ2v) is 4.82. The molecule has 7 heteroatoms. The van der Waals surface area contributed by atoms with E-state index < -0.39 is 17.9 Å². The van der Waals surface area contributed by atoms with Crippen LogP contribution in [0.25, 0.3) is 11.5 Å². The first-order valence-corrected chi connectivity index (χ1v) is 6.65. The van der Waals surface area contributed by atoms with E-state index in [0.717, 1.165) is 0 Å². The van der Waals surface area contributed by atoms with E-state index >= 15 is 0 Å². The SMILES string of the molecule is CC[C@H](C)[C@H](NC(=O)c1cc(-c2ccco2)[nH]n1)C(=O)O. The van der Waals surface area contributed by atoms with E-state index in [0.29, 0.717) is 17.9 Å². The molecule has 2 atom stereocenters. The zero-order chi connectivity index (χ0) is 15.4. The van der Waals surface area contributed by atoms with Gasteiger partial charge in [-0.25, -0.2) is 4.79 Å². The molecule has 0 unspecified atom stereocenters. The molecule has 0 radical (unpaired) electrons. The molecule has 0 aliphatic carbocycles. The monoisotopic (exact) mass is 291 g/mol. The number of carbonyl (C=O) groups is 2. The van der Waals surface area contributed by atoms with Gasteiger partial charge in [0.1, 0.15) is 11.7 Å². The highest BCUT2D eigenvalue weighted by Crippen LogP contribution is 2.18. The van der Waals surface area contributed by atoms with Gasteiger partial charge >= 0.3 is 5.97 Å². The number of aromatic amines is 1. The quantitative estimate of drug-likeness (QED) is 0.753. The van der Waals surface area contributed by atoms with Gasteiger partial charge in [-0.2, -0.15) is 5.10 Å². The maximum Gasteiger partial charge on any atom is 0.326 e. The van der Waals surface area contributed by atoms with Crippen LogP contribution in [0.5, 0.6) is 0 Å². The Morgan fingerprint density at radius 3 is 2.86 bits per heavy atom. The summed E-state index contributed by atoms with van der Waals surface area (Å²) in [5.41, 5.74) is 0.677. The van der Waals surface area contributed by atoms with E-state index in [-0.39, 0.29) is 11.6 Å². The molecule has 0 aliphatic heterocycles. The van der Waals surface area contributed by atoms with E-state index in [2.05, 4.69) is 15.5 Å². The van der Waals surface area contributed by atoms with Gasteiger partial charge < -0.3 is 14.8 Å². The van der Waals surface area contributed by atoms with Crippen LogP contribution in [0.3, 0.4) is 0 Å². The molecule has 0 fully saturated rings. The molecule has 2 aromatic heterocycles.